The van der Waals surface area contributed by atoms with E-state index >= 15 is 0 Å². The standard InChI is InChI=1S/C13H20N2O3/c1-12(2)10(17)14-9(16)8-15(12)11(18)13(3)6-4-5-7-13/h4-8H2,1-3H3,(H,14,16,17). The molecule has 0 bridgehead atoms. The van der Waals surface area contributed by atoms with E-state index in [0.29, 0.717) is 0 Å². The van der Waals surface area contributed by atoms with Crippen LogP contribution < -0.4 is 5.32 Å². The molecule has 0 unspecified atom stereocenters. The van der Waals surface area contributed by atoms with Crippen LogP contribution in [0.3, 0.4) is 0 Å². The Labute approximate surface area is 107 Å². The van der Waals surface area contributed by atoms with Crippen LogP contribution in [0.15, 0.2) is 0 Å². The number of piperazine rings is 1. The van der Waals surface area contributed by atoms with Gasteiger partial charge in [0.15, 0.2) is 0 Å². The summed E-state index contributed by atoms with van der Waals surface area (Å²) in [5.74, 6) is -0.851. The lowest BCUT2D eigenvalue weighted by Gasteiger charge is -2.43. The summed E-state index contributed by atoms with van der Waals surface area (Å²) < 4.78 is 0. The summed E-state index contributed by atoms with van der Waals surface area (Å²) in [4.78, 5) is 37.4. The molecule has 5 heteroatoms. The second-order valence-corrected chi connectivity index (χ2v) is 6.10. The molecule has 1 saturated carbocycles. The first-order valence-corrected chi connectivity index (χ1v) is 6.44. The molecule has 1 N–H and O–H groups in total. The van der Waals surface area contributed by atoms with Gasteiger partial charge in [0.1, 0.15) is 12.1 Å². The molecule has 3 amide bonds. The smallest absolute Gasteiger partial charge is 0.252 e. The topological polar surface area (TPSA) is 66.5 Å². The number of nitrogens with zero attached hydrogens (tertiary/aromatic N) is 1. The van der Waals surface area contributed by atoms with E-state index in [4.69, 9.17) is 0 Å². The van der Waals surface area contributed by atoms with E-state index in [-0.39, 0.29) is 12.5 Å². The van der Waals surface area contributed by atoms with Crippen LogP contribution in [0.25, 0.3) is 0 Å². The molecule has 0 atom stereocenters. The minimum absolute atomic E-state index is 0.0207. The molecule has 1 aliphatic carbocycles. The van der Waals surface area contributed by atoms with Crippen LogP contribution in [0.1, 0.15) is 46.5 Å². The van der Waals surface area contributed by atoms with Gasteiger partial charge in [-0.2, -0.15) is 0 Å². The molecular formula is C13H20N2O3. The van der Waals surface area contributed by atoms with Gasteiger partial charge >= 0.3 is 0 Å². The number of carbonyl (C=O) groups excluding carboxylic acids is 3. The SMILES string of the molecule is CC1(C(=O)N2CC(=O)NC(=O)C2(C)C)CCCC1. The van der Waals surface area contributed by atoms with Crippen LogP contribution in [-0.4, -0.2) is 34.7 Å². The van der Waals surface area contributed by atoms with Crippen molar-refractivity contribution in [1.82, 2.24) is 10.2 Å². The van der Waals surface area contributed by atoms with Crippen molar-refractivity contribution in [1.29, 1.82) is 0 Å². The predicted molar refractivity (Wildman–Crippen MR) is 65.5 cm³/mol. The quantitative estimate of drug-likeness (QED) is 0.703. The molecule has 0 aromatic rings. The summed E-state index contributed by atoms with van der Waals surface area (Å²) >= 11 is 0. The lowest BCUT2D eigenvalue weighted by Crippen LogP contribution is -2.67. The molecule has 0 spiro atoms. The monoisotopic (exact) mass is 252 g/mol. The zero-order chi connectivity index (χ0) is 13.6. The summed E-state index contributed by atoms with van der Waals surface area (Å²) in [6, 6.07) is 0. The van der Waals surface area contributed by atoms with Crippen molar-refractivity contribution in [3.63, 3.8) is 0 Å². The molecule has 0 radical (unpaired) electrons. The van der Waals surface area contributed by atoms with Crippen molar-refractivity contribution in [2.75, 3.05) is 6.54 Å². The molecule has 5 nitrogen and oxygen atoms in total. The van der Waals surface area contributed by atoms with Crippen molar-refractivity contribution in [3.8, 4) is 0 Å². The summed E-state index contributed by atoms with van der Waals surface area (Å²) in [6.45, 7) is 5.29. The van der Waals surface area contributed by atoms with E-state index in [1.54, 1.807) is 13.8 Å². The summed E-state index contributed by atoms with van der Waals surface area (Å²) in [7, 11) is 0. The van der Waals surface area contributed by atoms with Gasteiger partial charge in [-0.1, -0.05) is 19.8 Å². The molecule has 1 aliphatic heterocycles. The van der Waals surface area contributed by atoms with Crippen molar-refractivity contribution >= 4 is 17.7 Å². The molecule has 100 valence electrons. The zero-order valence-corrected chi connectivity index (χ0v) is 11.2. The molecular weight excluding hydrogens is 232 g/mol. The van der Waals surface area contributed by atoms with E-state index in [1.807, 2.05) is 6.92 Å². The zero-order valence-electron chi connectivity index (χ0n) is 11.2. The van der Waals surface area contributed by atoms with Gasteiger partial charge in [-0.15, -0.1) is 0 Å². The Morgan fingerprint density at radius 1 is 1.17 bits per heavy atom. The number of rotatable bonds is 1. The Kier molecular flexibility index (Phi) is 2.95. The number of imide groups is 1. The minimum Gasteiger partial charge on any atom is -0.319 e. The van der Waals surface area contributed by atoms with E-state index < -0.39 is 22.8 Å². The fourth-order valence-electron chi connectivity index (χ4n) is 2.80. The van der Waals surface area contributed by atoms with E-state index in [2.05, 4.69) is 5.32 Å². The molecule has 0 aromatic carbocycles. The number of hydrogen-bond donors (Lipinski definition) is 1. The lowest BCUT2D eigenvalue weighted by atomic mass is 9.84. The fourth-order valence-corrected chi connectivity index (χ4v) is 2.80. The Hall–Kier alpha value is -1.39. The van der Waals surface area contributed by atoms with Crippen LogP contribution >= 0.6 is 0 Å². The van der Waals surface area contributed by atoms with Crippen LogP contribution in [0.4, 0.5) is 0 Å². The maximum Gasteiger partial charge on any atom is 0.252 e. The second kappa shape index (κ2) is 4.07. The van der Waals surface area contributed by atoms with Gasteiger partial charge in [-0.25, -0.2) is 0 Å². The van der Waals surface area contributed by atoms with E-state index in [0.717, 1.165) is 25.7 Å². The van der Waals surface area contributed by atoms with Crippen LogP contribution in [0.5, 0.6) is 0 Å². The first-order valence-electron chi connectivity index (χ1n) is 6.44. The summed E-state index contributed by atoms with van der Waals surface area (Å²) in [6.07, 6.45) is 3.76. The van der Waals surface area contributed by atoms with Gasteiger partial charge in [0.25, 0.3) is 5.91 Å². The third-order valence-electron chi connectivity index (χ3n) is 4.25. The van der Waals surface area contributed by atoms with Crippen molar-refractivity contribution in [2.24, 2.45) is 5.41 Å². The number of carbonyl (C=O) groups is 3. The predicted octanol–water partition coefficient (Wildman–Crippen LogP) is 0.830. The fraction of sp³-hybridized carbons (Fsp3) is 0.769. The molecule has 1 saturated heterocycles. The first-order chi connectivity index (χ1) is 8.27. The van der Waals surface area contributed by atoms with Gasteiger partial charge < -0.3 is 4.90 Å². The maximum atomic E-state index is 12.6. The van der Waals surface area contributed by atoms with Crippen LogP contribution in [-0.2, 0) is 14.4 Å². The van der Waals surface area contributed by atoms with Gasteiger partial charge in [0.05, 0.1) is 0 Å². The van der Waals surface area contributed by atoms with E-state index in [9.17, 15) is 14.4 Å². The number of hydrogen-bond acceptors (Lipinski definition) is 3. The average Bonchev–Trinajstić information content (AvgIpc) is 2.71. The summed E-state index contributed by atoms with van der Waals surface area (Å²) in [5.41, 5.74) is -1.36. The Bertz CT molecular complexity index is 408. The van der Waals surface area contributed by atoms with Crippen molar-refractivity contribution in [3.05, 3.63) is 0 Å². The van der Waals surface area contributed by atoms with Gasteiger partial charge in [-0.3, -0.25) is 19.7 Å². The first kappa shape index (κ1) is 13.1. The third-order valence-corrected chi connectivity index (χ3v) is 4.25. The molecule has 2 rings (SSSR count). The highest BCUT2D eigenvalue weighted by molar-refractivity contribution is 6.06. The average molecular weight is 252 g/mol. The highest BCUT2D eigenvalue weighted by atomic mass is 16.2. The summed E-state index contributed by atoms with van der Waals surface area (Å²) in [5, 5.41) is 2.29. The Morgan fingerprint density at radius 2 is 1.72 bits per heavy atom. The van der Waals surface area contributed by atoms with Crippen molar-refractivity contribution < 1.29 is 14.4 Å². The number of amides is 3. The molecule has 0 aromatic heterocycles. The van der Waals surface area contributed by atoms with Gasteiger partial charge in [-0.05, 0) is 26.7 Å². The molecule has 2 aliphatic rings. The van der Waals surface area contributed by atoms with Gasteiger partial charge in [0, 0.05) is 5.41 Å². The maximum absolute atomic E-state index is 12.6. The second-order valence-electron chi connectivity index (χ2n) is 6.10. The molecule has 18 heavy (non-hydrogen) atoms. The highest BCUT2D eigenvalue weighted by Crippen LogP contribution is 2.40. The number of nitrogens with one attached hydrogen (secondary N) is 1. The van der Waals surface area contributed by atoms with Crippen LogP contribution in [0, 0.1) is 5.41 Å². The van der Waals surface area contributed by atoms with E-state index in [1.165, 1.54) is 4.90 Å². The van der Waals surface area contributed by atoms with Gasteiger partial charge in [0.2, 0.25) is 11.8 Å². The Balaban J connectivity index is 2.27. The normalized spacial score (nSPS) is 26.1. The van der Waals surface area contributed by atoms with Crippen LogP contribution in [0.2, 0.25) is 0 Å². The van der Waals surface area contributed by atoms with Crippen molar-refractivity contribution in [2.45, 2.75) is 52.0 Å². The highest BCUT2D eigenvalue weighted by Gasteiger charge is 2.49. The molecule has 1 heterocycles. The third kappa shape index (κ3) is 1.91. The lowest BCUT2D eigenvalue weighted by molar-refractivity contribution is -0.160. The molecule has 2 fully saturated rings. The Morgan fingerprint density at radius 3 is 2.28 bits per heavy atom. The minimum atomic E-state index is -0.948. The largest absolute Gasteiger partial charge is 0.319 e.